The van der Waals surface area contributed by atoms with Crippen molar-refractivity contribution in [3.63, 3.8) is 0 Å². The van der Waals surface area contributed by atoms with E-state index in [1.165, 1.54) is 11.8 Å². The SMILES string of the molecule is CC(C)C[C@H](CO)N1C(=O)[C@@H]2[C@H]3C(=O)OCCC=C[C@@]3(C)S[C@@]23C=CCN(c2ccc4ccccc4c2)C(=O)C13. The van der Waals surface area contributed by atoms with Gasteiger partial charge in [0.2, 0.25) is 5.91 Å². The van der Waals surface area contributed by atoms with Gasteiger partial charge in [0, 0.05) is 17.0 Å². The van der Waals surface area contributed by atoms with Crippen LogP contribution in [0.25, 0.3) is 10.8 Å². The zero-order chi connectivity index (χ0) is 28.2. The fourth-order valence-corrected chi connectivity index (χ4v) is 9.36. The summed E-state index contributed by atoms with van der Waals surface area (Å²) in [5, 5.41) is 12.6. The summed E-state index contributed by atoms with van der Waals surface area (Å²) in [6.07, 6.45) is 9.18. The second kappa shape index (κ2) is 10.1. The topological polar surface area (TPSA) is 87.2 Å². The molecule has 1 spiro atoms. The summed E-state index contributed by atoms with van der Waals surface area (Å²) >= 11 is 1.53. The molecule has 4 aliphatic rings. The van der Waals surface area contributed by atoms with Gasteiger partial charge in [-0.25, -0.2) is 0 Å². The lowest BCUT2D eigenvalue weighted by atomic mass is 9.74. The standard InChI is InChI=1S/C32H36N2O5S/c1-20(2)17-24(19-35)34-27-29(37)33(23-12-11-21-9-4-5-10-22(21)18-23)15-8-14-32(27)25(28(34)36)26-30(38)39-16-7-6-13-31(26,3)40-32/h4-6,8-14,18,20,24-27,35H,7,15-17,19H2,1-3H3/t24-,25+,26+,27?,31-,32+/m1/s1. The van der Waals surface area contributed by atoms with Crippen molar-refractivity contribution in [3.05, 3.63) is 66.8 Å². The van der Waals surface area contributed by atoms with E-state index in [4.69, 9.17) is 4.74 Å². The lowest BCUT2D eigenvalue weighted by Gasteiger charge is -2.40. The van der Waals surface area contributed by atoms with Crippen molar-refractivity contribution < 1.29 is 24.2 Å². The largest absolute Gasteiger partial charge is 0.465 e. The molecular weight excluding hydrogens is 524 g/mol. The molecule has 0 saturated carbocycles. The fourth-order valence-electron chi connectivity index (χ4n) is 7.22. The number of rotatable bonds is 5. The number of esters is 1. The smallest absolute Gasteiger partial charge is 0.311 e. The number of aliphatic hydroxyl groups excluding tert-OH is 1. The molecule has 210 valence electrons. The van der Waals surface area contributed by atoms with E-state index in [0.29, 0.717) is 19.4 Å². The number of carbonyl (C=O) groups is 3. The first-order valence-electron chi connectivity index (χ1n) is 14.2. The highest BCUT2D eigenvalue weighted by Gasteiger charge is 2.74. The Hall–Kier alpha value is -3.10. The van der Waals surface area contributed by atoms with E-state index in [0.717, 1.165) is 16.5 Å². The number of aliphatic hydroxyl groups is 1. The van der Waals surface area contributed by atoms with Crippen molar-refractivity contribution in [1.29, 1.82) is 0 Å². The molecule has 2 aromatic carbocycles. The predicted octanol–water partition coefficient (Wildman–Crippen LogP) is 4.34. The highest BCUT2D eigenvalue weighted by molar-refractivity contribution is 8.02. The summed E-state index contributed by atoms with van der Waals surface area (Å²) in [5.74, 6) is -2.16. The molecule has 2 saturated heterocycles. The number of nitrogens with zero attached hydrogens (tertiary/aromatic N) is 2. The Bertz CT molecular complexity index is 1420. The van der Waals surface area contributed by atoms with E-state index in [1.807, 2.05) is 87.5 Å². The normalized spacial score (nSPS) is 32.4. The molecule has 0 bridgehead atoms. The Kier molecular flexibility index (Phi) is 6.82. The van der Waals surface area contributed by atoms with Gasteiger partial charge in [-0.2, -0.15) is 0 Å². The van der Waals surface area contributed by atoms with Gasteiger partial charge in [-0.3, -0.25) is 14.4 Å². The van der Waals surface area contributed by atoms with E-state index < -0.39 is 39.4 Å². The predicted molar refractivity (Wildman–Crippen MR) is 157 cm³/mol. The summed E-state index contributed by atoms with van der Waals surface area (Å²) in [6, 6.07) is 12.6. The molecule has 7 nitrogen and oxygen atoms in total. The fraction of sp³-hybridized carbons (Fsp3) is 0.469. The van der Waals surface area contributed by atoms with Crippen LogP contribution in [0.2, 0.25) is 0 Å². The molecule has 0 aromatic heterocycles. The molecule has 6 atom stereocenters. The molecule has 2 aromatic rings. The minimum atomic E-state index is -0.975. The number of hydrogen-bond acceptors (Lipinski definition) is 6. The molecule has 4 heterocycles. The van der Waals surface area contributed by atoms with Crippen LogP contribution in [0.3, 0.4) is 0 Å². The summed E-state index contributed by atoms with van der Waals surface area (Å²) in [4.78, 5) is 46.1. The molecule has 0 aliphatic carbocycles. The van der Waals surface area contributed by atoms with Crippen LogP contribution in [0.5, 0.6) is 0 Å². The molecule has 8 heteroatoms. The van der Waals surface area contributed by atoms with Gasteiger partial charge < -0.3 is 19.6 Å². The summed E-state index contributed by atoms with van der Waals surface area (Å²) in [7, 11) is 0. The Balaban J connectivity index is 1.51. The molecule has 40 heavy (non-hydrogen) atoms. The number of hydrogen-bond donors (Lipinski definition) is 1. The monoisotopic (exact) mass is 560 g/mol. The van der Waals surface area contributed by atoms with E-state index in [1.54, 1.807) is 9.80 Å². The van der Waals surface area contributed by atoms with Crippen LogP contribution in [0, 0.1) is 17.8 Å². The number of cyclic esters (lactones) is 1. The number of anilines is 1. The van der Waals surface area contributed by atoms with Gasteiger partial charge in [-0.1, -0.05) is 68.5 Å². The highest BCUT2D eigenvalue weighted by Crippen LogP contribution is 2.65. The van der Waals surface area contributed by atoms with Crippen molar-refractivity contribution in [2.45, 2.75) is 55.2 Å². The second-order valence-corrected chi connectivity index (χ2v) is 13.7. The van der Waals surface area contributed by atoms with Crippen molar-refractivity contribution >= 4 is 46.0 Å². The number of carbonyl (C=O) groups excluding carboxylic acids is 3. The minimum absolute atomic E-state index is 0.193. The number of ether oxygens (including phenoxy) is 1. The van der Waals surface area contributed by atoms with Crippen LogP contribution < -0.4 is 4.90 Å². The molecule has 4 aliphatic heterocycles. The van der Waals surface area contributed by atoms with Gasteiger partial charge in [0.1, 0.15) is 6.04 Å². The van der Waals surface area contributed by atoms with Crippen LogP contribution >= 0.6 is 11.8 Å². The van der Waals surface area contributed by atoms with E-state index in [-0.39, 0.29) is 30.9 Å². The molecule has 1 unspecified atom stereocenters. The molecular formula is C32H36N2O5S. The number of amides is 2. The third-order valence-electron chi connectivity index (χ3n) is 8.85. The average molecular weight is 561 g/mol. The van der Waals surface area contributed by atoms with Gasteiger partial charge in [0.15, 0.2) is 0 Å². The Labute approximate surface area is 239 Å². The Morgan fingerprint density at radius 1 is 1.02 bits per heavy atom. The molecule has 0 radical (unpaired) electrons. The van der Waals surface area contributed by atoms with Crippen molar-refractivity contribution in [2.75, 3.05) is 24.7 Å². The third kappa shape index (κ3) is 4.10. The van der Waals surface area contributed by atoms with Gasteiger partial charge in [-0.05, 0) is 48.6 Å². The lowest BCUT2D eigenvalue weighted by Crippen LogP contribution is -2.57. The quantitative estimate of drug-likeness (QED) is 0.433. The summed E-state index contributed by atoms with van der Waals surface area (Å²) < 4.78 is 3.94. The molecule has 2 amide bonds. The first-order valence-corrected chi connectivity index (χ1v) is 15.0. The highest BCUT2D eigenvalue weighted by atomic mass is 32.2. The van der Waals surface area contributed by atoms with E-state index >= 15 is 0 Å². The van der Waals surface area contributed by atoms with Crippen LogP contribution in [0.4, 0.5) is 5.69 Å². The van der Waals surface area contributed by atoms with Crippen LogP contribution in [-0.2, 0) is 19.1 Å². The molecule has 6 rings (SSSR count). The maximum absolute atomic E-state index is 14.8. The zero-order valence-electron chi connectivity index (χ0n) is 23.2. The number of thioether (sulfide) groups is 1. The Morgan fingerprint density at radius 3 is 2.55 bits per heavy atom. The number of fused-ring (bicyclic) bond motifs is 3. The first kappa shape index (κ1) is 27.1. The van der Waals surface area contributed by atoms with Crippen LogP contribution in [-0.4, -0.2) is 69.1 Å². The Morgan fingerprint density at radius 2 is 1.80 bits per heavy atom. The minimum Gasteiger partial charge on any atom is -0.465 e. The maximum Gasteiger partial charge on any atom is 0.311 e. The van der Waals surface area contributed by atoms with Crippen LogP contribution in [0.15, 0.2) is 66.8 Å². The van der Waals surface area contributed by atoms with Crippen molar-refractivity contribution in [2.24, 2.45) is 17.8 Å². The average Bonchev–Trinajstić information content (AvgIpc) is 3.25. The van der Waals surface area contributed by atoms with Crippen molar-refractivity contribution in [3.8, 4) is 0 Å². The second-order valence-electron chi connectivity index (χ2n) is 11.9. The summed E-state index contributed by atoms with van der Waals surface area (Å²) in [5.41, 5.74) is 0.755. The number of benzene rings is 2. The first-order chi connectivity index (χ1) is 19.2. The number of likely N-dealkylation sites (tertiary alicyclic amines) is 1. The van der Waals surface area contributed by atoms with Gasteiger partial charge >= 0.3 is 5.97 Å². The lowest BCUT2D eigenvalue weighted by molar-refractivity contribution is -0.154. The van der Waals surface area contributed by atoms with E-state index in [2.05, 4.69) is 0 Å². The van der Waals surface area contributed by atoms with E-state index in [9.17, 15) is 19.5 Å². The molecule has 1 N–H and O–H groups in total. The zero-order valence-corrected chi connectivity index (χ0v) is 24.0. The van der Waals surface area contributed by atoms with Gasteiger partial charge in [0.25, 0.3) is 5.91 Å². The van der Waals surface area contributed by atoms with Crippen LogP contribution in [0.1, 0.15) is 33.6 Å². The van der Waals surface area contributed by atoms with Gasteiger partial charge in [-0.15, -0.1) is 11.8 Å². The summed E-state index contributed by atoms with van der Waals surface area (Å²) in [6.45, 7) is 6.42. The molecule has 2 fully saturated rings. The third-order valence-corrected chi connectivity index (χ3v) is 10.6. The van der Waals surface area contributed by atoms with Gasteiger partial charge in [0.05, 0.1) is 35.8 Å². The van der Waals surface area contributed by atoms with Crippen molar-refractivity contribution in [1.82, 2.24) is 4.90 Å². The maximum atomic E-state index is 14.8.